The van der Waals surface area contributed by atoms with Crippen LogP contribution in [0.5, 0.6) is 11.6 Å². The SMILES string of the molecule is CC(=O)Nc1cc(Nc2cc([C@@H]3CCOC3)cc(S(C)(=O)=O)n2)c(-c2ccc3c(n2)OCC(C)(C)O3)cn1. The number of ether oxygens (including phenoxy) is 3. The molecule has 3 aromatic heterocycles. The normalized spacial score (nSPS) is 18.2. The zero-order valence-electron chi connectivity index (χ0n) is 21.6. The molecule has 5 heterocycles. The summed E-state index contributed by atoms with van der Waals surface area (Å²) in [6, 6.07) is 8.62. The molecule has 0 radical (unpaired) electrons. The summed E-state index contributed by atoms with van der Waals surface area (Å²) >= 11 is 0. The molecule has 11 nitrogen and oxygen atoms in total. The first-order valence-electron chi connectivity index (χ1n) is 12.1. The average molecular weight is 540 g/mol. The molecule has 1 saturated heterocycles. The van der Waals surface area contributed by atoms with Gasteiger partial charge >= 0.3 is 0 Å². The Morgan fingerprint density at radius 2 is 1.95 bits per heavy atom. The highest BCUT2D eigenvalue weighted by atomic mass is 32.2. The first kappa shape index (κ1) is 25.9. The molecule has 1 fully saturated rings. The Hall–Kier alpha value is -3.77. The van der Waals surface area contributed by atoms with Gasteiger partial charge in [0.15, 0.2) is 20.6 Å². The maximum absolute atomic E-state index is 12.4. The Bertz CT molecular complexity index is 1500. The lowest BCUT2D eigenvalue weighted by Gasteiger charge is -2.31. The second-order valence-electron chi connectivity index (χ2n) is 10.0. The van der Waals surface area contributed by atoms with E-state index >= 15 is 0 Å². The fraction of sp³-hybridized carbons (Fsp3) is 0.385. The topological polar surface area (TPSA) is 142 Å². The minimum atomic E-state index is -3.58. The van der Waals surface area contributed by atoms with Crippen molar-refractivity contribution in [1.29, 1.82) is 0 Å². The van der Waals surface area contributed by atoms with Gasteiger partial charge in [-0.05, 0) is 50.1 Å². The van der Waals surface area contributed by atoms with Gasteiger partial charge in [-0.1, -0.05) is 0 Å². The smallest absolute Gasteiger partial charge is 0.257 e. The molecule has 12 heteroatoms. The lowest BCUT2D eigenvalue weighted by molar-refractivity contribution is -0.114. The van der Waals surface area contributed by atoms with E-state index < -0.39 is 15.4 Å². The third-order valence-electron chi connectivity index (χ3n) is 6.12. The zero-order chi connectivity index (χ0) is 27.1. The molecule has 0 saturated carbocycles. The van der Waals surface area contributed by atoms with Crippen LogP contribution in [0.25, 0.3) is 11.3 Å². The molecule has 3 aromatic rings. The van der Waals surface area contributed by atoms with Gasteiger partial charge in [0, 0.05) is 43.5 Å². The summed E-state index contributed by atoms with van der Waals surface area (Å²) in [5.74, 6) is 1.32. The predicted octanol–water partition coefficient (Wildman–Crippen LogP) is 3.70. The molecule has 5 rings (SSSR count). The molecule has 1 atom stereocenters. The monoisotopic (exact) mass is 539 g/mol. The first-order chi connectivity index (χ1) is 18.0. The van der Waals surface area contributed by atoms with Gasteiger partial charge in [-0.25, -0.2) is 23.4 Å². The number of nitrogens with zero attached hydrogens (tertiary/aromatic N) is 3. The maximum atomic E-state index is 12.4. The molecule has 1 amide bonds. The molecule has 0 unspecified atom stereocenters. The number of fused-ring (bicyclic) bond motifs is 1. The molecule has 0 bridgehead atoms. The van der Waals surface area contributed by atoms with Gasteiger partial charge < -0.3 is 24.8 Å². The Balaban J connectivity index is 1.57. The summed E-state index contributed by atoms with van der Waals surface area (Å²) in [6.45, 7) is 6.72. The molecular weight excluding hydrogens is 510 g/mol. The van der Waals surface area contributed by atoms with Crippen LogP contribution < -0.4 is 20.1 Å². The minimum absolute atomic E-state index is 0.0397. The van der Waals surface area contributed by atoms with Crippen molar-refractivity contribution >= 4 is 33.1 Å². The quantitative estimate of drug-likeness (QED) is 0.476. The molecule has 2 aliphatic rings. The fourth-order valence-electron chi connectivity index (χ4n) is 4.29. The van der Waals surface area contributed by atoms with Crippen molar-refractivity contribution in [3.63, 3.8) is 0 Å². The lowest BCUT2D eigenvalue weighted by atomic mass is 9.99. The van der Waals surface area contributed by atoms with Crippen molar-refractivity contribution in [3.8, 4) is 22.9 Å². The lowest BCUT2D eigenvalue weighted by Crippen LogP contribution is -2.39. The summed E-state index contributed by atoms with van der Waals surface area (Å²) in [5, 5.41) is 5.87. The van der Waals surface area contributed by atoms with E-state index in [1.54, 1.807) is 30.5 Å². The van der Waals surface area contributed by atoms with E-state index in [0.29, 0.717) is 60.0 Å². The predicted molar refractivity (Wildman–Crippen MR) is 141 cm³/mol. The minimum Gasteiger partial charge on any atom is -0.479 e. The van der Waals surface area contributed by atoms with Crippen molar-refractivity contribution in [2.45, 2.75) is 43.7 Å². The number of hydrogen-bond acceptors (Lipinski definition) is 10. The number of nitrogens with one attached hydrogen (secondary N) is 2. The summed E-state index contributed by atoms with van der Waals surface area (Å²) in [4.78, 5) is 25.0. The number of aromatic nitrogens is 3. The van der Waals surface area contributed by atoms with Gasteiger partial charge in [0.25, 0.3) is 5.88 Å². The molecule has 200 valence electrons. The van der Waals surface area contributed by atoms with E-state index in [1.165, 1.54) is 6.92 Å². The molecule has 0 spiro atoms. The van der Waals surface area contributed by atoms with Gasteiger partial charge in [-0.15, -0.1) is 0 Å². The average Bonchev–Trinajstić information content (AvgIpc) is 3.38. The van der Waals surface area contributed by atoms with Crippen LogP contribution >= 0.6 is 0 Å². The van der Waals surface area contributed by atoms with Crippen molar-refractivity contribution in [2.75, 3.05) is 36.7 Å². The summed E-state index contributed by atoms with van der Waals surface area (Å²) in [5.41, 5.74) is 1.99. The Labute approximate surface area is 220 Å². The molecular formula is C26H29N5O6S. The van der Waals surface area contributed by atoms with Crippen molar-refractivity contribution in [2.24, 2.45) is 0 Å². The highest BCUT2D eigenvalue weighted by Gasteiger charge is 2.29. The highest BCUT2D eigenvalue weighted by molar-refractivity contribution is 7.90. The van der Waals surface area contributed by atoms with Crippen molar-refractivity contribution in [1.82, 2.24) is 15.0 Å². The van der Waals surface area contributed by atoms with Gasteiger partial charge in [0.2, 0.25) is 5.91 Å². The second kappa shape index (κ2) is 9.84. The molecule has 38 heavy (non-hydrogen) atoms. The first-order valence-corrected chi connectivity index (χ1v) is 14.0. The van der Waals surface area contributed by atoms with E-state index in [1.807, 2.05) is 19.9 Å². The summed E-state index contributed by atoms with van der Waals surface area (Å²) in [6.07, 6.45) is 3.49. The Kier molecular flexibility index (Phi) is 6.70. The van der Waals surface area contributed by atoms with Crippen molar-refractivity contribution in [3.05, 3.63) is 42.1 Å². The third-order valence-corrected chi connectivity index (χ3v) is 7.09. The van der Waals surface area contributed by atoms with E-state index in [-0.39, 0.29) is 16.9 Å². The van der Waals surface area contributed by atoms with Gasteiger partial charge in [0.05, 0.1) is 18.0 Å². The van der Waals surface area contributed by atoms with E-state index in [2.05, 4.69) is 25.6 Å². The number of carbonyl (C=O) groups is 1. The number of hydrogen-bond donors (Lipinski definition) is 2. The summed E-state index contributed by atoms with van der Waals surface area (Å²) < 4.78 is 42.2. The molecule has 2 N–H and O–H groups in total. The van der Waals surface area contributed by atoms with E-state index in [9.17, 15) is 13.2 Å². The largest absolute Gasteiger partial charge is 0.479 e. The number of anilines is 3. The third kappa shape index (κ3) is 5.70. The van der Waals surface area contributed by atoms with Crippen LogP contribution in [0, 0.1) is 0 Å². The molecule has 2 aliphatic heterocycles. The summed E-state index contributed by atoms with van der Waals surface area (Å²) in [7, 11) is -3.58. The number of carbonyl (C=O) groups excluding carboxylic acids is 1. The second-order valence-corrected chi connectivity index (χ2v) is 12.0. The number of pyridine rings is 3. The van der Waals surface area contributed by atoms with Gasteiger partial charge in [-0.2, -0.15) is 0 Å². The van der Waals surface area contributed by atoms with Crippen LogP contribution in [0.1, 0.15) is 38.7 Å². The highest BCUT2D eigenvalue weighted by Crippen LogP contribution is 2.38. The maximum Gasteiger partial charge on any atom is 0.257 e. The number of sulfone groups is 1. The van der Waals surface area contributed by atoms with Crippen LogP contribution in [-0.2, 0) is 19.4 Å². The van der Waals surface area contributed by atoms with Gasteiger partial charge in [0.1, 0.15) is 23.8 Å². The fourth-order valence-corrected chi connectivity index (χ4v) is 4.90. The van der Waals surface area contributed by atoms with Crippen LogP contribution in [0.4, 0.5) is 17.3 Å². The van der Waals surface area contributed by atoms with Crippen LogP contribution in [0.3, 0.4) is 0 Å². The molecule has 0 aromatic carbocycles. The van der Waals surface area contributed by atoms with E-state index in [4.69, 9.17) is 14.2 Å². The van der Waals surface area contributed by atoms with Crippen LogP contribution in [0.2, 0.25) is 0 Å². The van der Waals surface area contributed by atoms with Crippen molar-refractivity contribution < 1.29 is 27.4 Å². The van der Waals surface area contributed by atoms with Crippen LogP contribution in [0.15, 0.2) is 41.6 Å². The van der Waals surface area contributed by atoms with Crippen LogP contribution in [-0.4, -0.2) is 61.0 Å². The van der Waals surface area contributed by atoms with Gasteiger partial charge in [-0.3, -0.25) is 4.79 Å². The molecule has 0 aliphatic carbocycles. The standard InChI is InChI=1S/C26H29N5O6S/c1-15(32)28-22-11-20(18(12-27-22)19-5-6-21-25(30-19)36-14-26(2,3)37-21)29-23-9-17(16-7-8-35-13-16)10-24(31-23)38(4,33)34/h5-6,9-12,16H,7-8,13-14H2,1-4H3,(H2,27,28,29,31,32)/t16-/m1/s1. The Morgan fingerprint density at radius 3 is 2.66 bits per heavy atom. The van der Waals surface area contributed by atoms with E-state index in [0.717, 1.165) is 18.2 Å². The number of amides is 1. The zero-order valence-corrected chi connectivity index (χ0v) is 22.4. The number of rotatable bonds is 6. The Morgan fingerprint density at radius 1 is 1.13 bits per heavy atom.